The van der Waals surface area contributed by atoms with E-state index in [1.807, 2.05) is 24.4 Å². The number of sulfonamides is 1. The molecule has 1 N–H and O–H groups in total. The summed E-state index contributed by atoms with van der Waals surface area (Å²) in [6.07, 6.45) is 3.58. The van der Waals surface area contributed by atoms with E-state index in [4.69, 9.17) is 0 Å². The maximum absolute atomic E-state index is 12.8. The number of rotatable bonds is 5. The van der Waals surface area contributed by atoms with E-state index < -0.39 is 10.0 Å². The van der Waals surface area contributed by atoms with E-state index >= 15 is 0 Å². The number of carbonyl (C=O) groups is 1. The van der Waals surface area contributed by atoms with E-state index in [9.17, 15) is 13.2 Å². The van der Waals surface area contributed by atoms with Crippen LogP contribution in [0.2, 0.25) is 0 Å². The van der Waals surface area contributed by atoms with E-state index in [0.29, 0.717) is 36.0 Å². The summed E-state index contributed by atoms with van der Waals surface area (Å²) in [4.78, 5) is 12.7. The monoisotopic (exact) mass is 413 g/mol. The van der Waals surface area contributed by atoms with E-state index in [2.05, 4.69) is 22.4 Å². The third-order valence-electron chi connectivity index (χ3n) is 5.29. The van der Waals surface area contributed by atoms with Gasteiger partial charge in [-0.05, 0) is 55.2 Å². The van der Waals surface area contributed by atoms with Gasteiger partial charge in [-0.3, -0.25) is 9.20 Å². The molecule has 0 unspecified atom stereocenters. The highest BCUT2D eigenvalue weighted by atomic mass is 32.2. The van der Waals surface area contributed by atoms with Crippen molar-refractivity contribution in [3.63, 3.8) is 0 Å². The Kier molecular flexibility index (Phi) is 5.33. The molecular weight excluding hydrogens is 390 g/mol. The molecule has 2 aromatic heterocycles. The van der Waals surface area contributed by atoms with Gasteiger partial charge < -0.3 is 5.32 Å². The molecule has 3 heterocycles. The second-order valence-corrected chi connectivity index (χ2v) is 9.28. The van der Waals surface area contributed by atoms with Crippen LogP contribution in [0.25, 0.3) is 5.65 Å². The largest absolute Gasteiger partial charge is 0.345 e. The molecule has 0 atom stereocenters. The predicted molar refractivity (Wildman–Crippen MR) is 108 cm³/mol. The number of hydrogen-bond acceptors (Lipinski definition) is 5. The molecule has 3 aromatic rings. The number of pyridine rings is 1. The first-order valence-electron chi connectivity index (χ1n) is 9.62. The lowest BCUT2D eigenvalue weighted by atomic mass is 10.0. The molecule has 9 heteroatoms. The van der Waals surface area contributed by atoms with Gasteiger partial charge in [0.1, 0.15) is 0 Å². The fourth-order valence-corrected chi connectivity index (χ4v) is 4.90. The van der Waals surface area contributed by atoms with Crippen molar-refractivity contribution in [3.05, 3.63) is 60.0 Å². The highest BCUT2D eigenvalue weighted by Crippen LogP contribution is 2.23. The molecule has 8 nitrogen and oxygen atoms in total. The first-order valence-corrected chi connectivity index (χ1v) is 11.1. The van der Waals surface area contributed by atoms with Crippen LogP contribution in [-0.2, 0) is 16.6 Å². The number of nitrogens with zero attached hydrogens (tertiary/aromatic N) is 4. The molecule has 1 aliphatic rings. The molecule has 0 radical (unpaired) electrons. The third kappa shape index (κ3) is 4.01. The quantitative estimate of drug-likeness (QED) is 0.691. The summed E-state index contributed by atoms with van der Waals surface area (Å²) in [5.74, 6) is 0.871. The normalized spacial score (nSPS) is 16.2. The van der Waals surface area contributed by atoms with Gasteiger partial charge in [-0.2, -0.15) is 4.31 Å². The van der Waals surface area contributed by atoms with Crippen molar-refractivity contribution in [2.24, 2.45) is 5.92 Å². The third-order valence-corrected chi connectivity index (χ3v) is 7.20. The Balaban J connectivity index is 1.42. The van der Waals surface area contributed by atoms with Gasteiger partial charge in [0, 0.05) is 24.8 Å². The Labute approximate surface area is 169 Å². The summed E-state index contributed by atoms with van der Waals surface area (Å²) in [6, 6.07) is 11.6. The predicted octanol–water partition coefficient (Wildman–Crippen LogP) is 2.08. The zero-order valence-electron chi connectivity index (χ0n) is 16.2. The van der Waals surface area contributed by atoms with Crippen molar-refractivity contribution in [1.82, 2.24) is 24.2 Å². The standard InChI is InChI=1S/C20H23N5O3S/c1-15-9-12-24(13-10-15)29(27,28)17-7-5-16(6-8-17)20(26)21-14-19-23-22-18-4-2-3-11-25(18)19/h2-8,11,15H,9-10,12-14H2,1H3,(H,21,26). The van der Waals surface area contributed by atoms with E-state index in [-0.39, 0.29) is 17.3 Å². The Morgan fingerprint density at radius 1 is 1.10 bits per heavy atom. The van der Waals surface area contributed by atoms with Crippen LogP contribution in [0.4, 0.5) is 0 Å². The topological polar surface area (TPSA) is 96.7 Å². The number of piperidine rings is 1. The fourth-order valence-electron chi connectivity index (χ4n) is 3.43. The summed E-state index contributed by atoms with van der Waals surface area (Å²) in [5.41, 5.74) is 1.10. The average Bonchev–Trinajstić information content (AvgIpc) is 3.15. The van der Waals surface area contributed by atoms with Crippen molar-refractivity contribution in [3.8, 4) is 0 Å². The Bertz CT molecular complexity index is 1120. The van der Waals surface area contributed by atoms with Crippen LogP contribution in [0.3, 0.4) is 0 Å². The number of nitrogens with one attached hydrogen (secondary N) is 1. The molecule has 1 aliphatic heterocycles. The van der Waals surface area contributed by atoms with Gasteiger partial charge >= 0.3 is 0 Å². The minimum absolute atomic E-state index is 0.215. The number of aromatic nitrogens is 3. The molecule has 0 bridgehead atoms. The fraction of sp³-hybridized carbons (Fsp3) is 0.350. The lowest BCUT2D eigenvalue weighted by Crippen LogP contribution is -2.37. The first-order chi connectivity index (χ1) is 13.9. The molecule has 1 amide bonds. The van der Waals surface area contributed by atoms with Gasteiger partial charge in [-0.25, -0.2) is 8.42 Å². The van der Waals surface area contributed by atoms with Crippen molar-refractivity contribution < 1.29 is 13.2 Å². The van der Waals surface area contributed by atoms with Gasteiger partial charge in [0.25, 0.3) is 5.91 Å². The molecular formula is C20H23N5O3S. The molecule has 0 saturated carbocycles. The second-order valence-electron chi connectivity index (χ2n) is 7.34. The van der Waals surface area contributed by atoms with Crippen LogP contribution in [0.5, 0.6) is 0 Å². The summed E-state index contributed by atoms with van der Waals surface area (Å²) in [7, 11) is -3.52. The zero-order chi connectivity index (χ0) is 20.4. The second kappa shape index (κ2) is 7.92. The molecule has 1 fully saturated rings. The van der Waals surface area contributed by atoms with Crippen LogP contribution in [0.1, 0.15) is 35.9 Å². The number of fused-ring (bicyclic) bond motifs is 1. The first kappa shape index (κ1) is 19.5. The van der Waals surface area contributed by atoms with E-state index in [0.717, 1.165) is 12.8 Å². The highest BCUT2D eigenvalue weighted by Gasteiger charge is 2.28. The molecule has 1 aromatic carbocycles. The molecule has 1 saturated heterocycles. The molecule has 152 valence electrons. The lowest BCUT2D eigenvalue weighted by Gasteiger charge is -2.29. The zero-order valence-corrected chi connectivity index (χ0v) is 17.0. The van der Waals surface area contributed by atoms with Gasteiger partial charge in [0.05, 0.1) is 11.4 Å². The van der Waals surface area contributed by atoms with Crippen molar-refractivity contribution in [2.45, 2.75) is 31.2 Å². The lowest BCUT2D eigenvalue weighted by molar-refractivity contribution is 0.0949. The summed E-state index contributed by atoms with van der Waals surface area (Å²) < 4.78 is 28.9. The maximum Gasteiger partial charge on any atom is 0.251 e. The van der Waals surface area contributed by atoms with Crippen LogP contribution in [0.15, 0.2) is 53.6 Å². The summed E-state index contributed by atoms with van der Waals surface area (Å²) in [5, 5.41) is 10.9. The van der Waals surface area contributed by atoms with E-state index in [1.165, 1.54) is 28.6 Å². The maximum atomic E-state index is 12.8. The Morgan fingerprint density at radius 3 is 2.55 bits per heavy atom. The van der Waals surface area contributed by atoms with Gasteiger partial charge in [-0.15, -0.1) is 10.2 Å². The molecule has 29 heavy (non-hydrogen) atoms. The van der Waals surface area contributed by atoms with Gasteiger partial charge in [0.2, 0.25) is 10.0 Å². The minimum atomic E-state index is -3.52. The number of amides is 1. The average molecular weight is 414 g/mol. The molecule has 0 spiro atoms. The highest BCUT2D eigenvalue weighted by molar-refractivity contribution is 7.89. The van der Waals surface area contributed by atoms with Gasteiger partial charge in [-0.1, -0.05) is 13.0 Å². The van der Waals surface area contributed by atoms with Crippen LogP contribution < -0.4 is 5.32 Å². The van der Waals surface area contributed by atoms with Crippen molar-refractivity contribution >= 4 is 21.6 Å². The van der Waals surface area contributed by atoms with Gasteiger partial charge in [0.15, 0.2) is 11.5 Å². The number of benzene rings is 1. The summed E-state index contributed by atoms with van der Waals surface area (Å²) in [6.45, 7) is 3.44. The van der Waals surface area contributed by atoms with Crippen molar-refractivity contribution in [2.75, 3.05) is 13.1 Å². The summed E-state index contributed by atoms with van der Waals surface area (Å²) >= 11 is 0. The van der Waals surface area contributed by atoms with Crippen LogP contribution >= 0.6 is 0 Å². The molecule has 0 aliphatic carbocycles. The van der Waals surface area contributed by atoms with E-state index in [1.54, 1.807) is 4.40 Å². The Morgan fingerprint density at radius 2 is 1.83 bits per heavy atom. The smallest absolute Gasteiger partial charge is 0.251 e. The van der Waals surface area contributed by atoms with Crippen molar-refractivity contribution in [1.29, 1.82) is 0 Å². The van der Waals surface area contributed by atoms with Crippen LogP contribution in [0, 0.1) is 5.92 Å². The SMILES string of the molecule is CC1CCN(S(=O)(=O)c2ccc(C(=O)NCc3nnc4ccccn34)cc2)CC1. The van der Waals surface area contributed by atoms with Crippen LogP contribution in [-0.4, -0.2) is 46.3 Å². The minimum Gasteiger partial charge on any atom is -0.345 e. The number of carbonyl (C=O) groups excluding carboxylic acids is 1. The molecule has 4 rings (SSSR count). The number of hydrogen-bond donors (Lipinski definition) is 1. The Hall–Kier alpha value is -2.78.